The van der Waals surface area contributed by atoms with E-state index in [9.17, 15) is 18.4 Å². The second-order valence-electron chi connectivity index (χ2n) is 7.38. The molecule has 0 fully saturated rings. The van der Waals surface area contributed by atoms with E-state index in [1.54, 1.807) is 19.1 Å². The van der Waals surface area contributed by atoms with E-state index >= 15 is 0 Å². The van der Waals surface area contributed by atoms with Gasteiger partial charge in [0.1, 0.15) is 16.7 Å². The molecule has 9 nitrogen and oxygen atoms in total. The van der Waals surface area contributed by atoms with Crippen molar-refractivity contribution in [3.63, 3.8) is 0 Å². The maximum atomic E-state index is 13.8. The molecular weight excluding hydrogens is 516 g/mol. The van der Waals surface area contributed by atoms with Gasteiger partial charge in [0.2, 0.25) is 0 Å². The second-order valence-corrected chi connectivity index (χ2v) is 8.80. The van der Waals surface area contributed by atoms with Gasteiger partial charge in [0.05, 0.1) is 29.1 Å². The number of nitrogens with one attached hydrogen (secondary N) is 2. The number of thiazole rings is 1. The van der Waals surface area contributed by atoms with E-state index in [2.05, 4.69) is 25.0 Å². The lowest BCUT2D eigenvalue weighted by molar-refractivity contribution is -0.192. The zero-order chi connectivity index (χ0) is 26.0. The Morgan fingerprint density at radius 1 is 1.11 bits per heavy atom. The van der Waals surface area contributed by atoms with Gasteiger partial charge in [-0.25, -0.2) is 9.97 Å². The summed E-state index contributed by atoms with van der Waals surface area (Å²) in [6.45, 7) is 1.78. The largest absolute Gasteiger partial charge is 0.494 e. The summed E-state index contributed by atoms with van der Waals surface area (Å²) in [7, 11) is 2.55. The normalized spacial score (nSPS) is 11.3. The lowest BCUT2D eigenvalue weighted by Crippen LogP contribution is -2.42. The highest BCUT2D eigenvalue weighted by Gasteiger charge is 2.41. The number of benzene rings is 1. The summed E-state index contributed by atoms with van der Waals surface area (Å²) in [6.07, 6.45) is -1.18. The summed E-state index contributed by atoms with van der Waals surface area (Å²) < 4.78 is 38.1. The number of methoxy groups -OCH3 is 1. The van der Waals surface area contributed by atoms with Gasteiger partial charge in [0.25, 0.3) is 5.91 Å². The zero-order valence-corrected chi connectivity index (χ0v) is 20.6. The summed E-state index contributed by atoms with van der Waals surface area (Å²) in [5.74, 6) is -1.93. The second kappa shape index (κ2) is 9.99. The van der Waals surface area contributed by atoms with Crippen LogP contribution in [0.2, 0.25) is 5.15 Å². The molecule has 0 saturated carbocycles. The average molecular weight is 534 g/mol. The number of pyridine rings is 2. The van der Waals surface area contributed by atoms with Crippen molar-refractivity contribution in [1.29, 1.82) is 0 Å². The molecule has 0 saturated heterocycles. The van der Waals surface area contributed by atoms with Gasteiger partial charge in [-0.1, -0.05) is 22.9 Å². The minimum absolute atomic E-state index is 0.219. The molecule has 0 radical (unpaired) electrons. The molecule has 0 unspecified atom stereocenters. The molecule has 3 aromatic heterocycles. The van der Waals surface area contributed by atoms with E-state index in [-0.39, 0.29) is 21.6 Å². The molecule has 0 bridgehead atoms. The van der Waals surface area contributed by atoms with Crippen molar-refractivity contribution < 1.29 is 27.8 Å². The number of hydrogen-bond acceptors (Lipinski definition) is 8. The summed E-state index contributed by atoms with van der Waals surface area (Å²) in [6, 6.07) is 7.34. The molecule has 186 valence electrons. The van der Waals surface area contributed by atoms with Crippen LogP contribution < -0.4 is 20.1 Å². The lowest BCUT2D eigenvalue weighted by Gasteiger charge is -2.15. The van der Waals surface area contributed by atoms with Crippen molar-refractivity contribution >= 4 is 50.1 Å². The van der Waals surface area contributed by atoms with Crippen molar-refractivity contribution in [2.45, 2.75) is 13.0 Å². The van der Waals surface area contributed by atoms with Crippen LogP contribution in [0.25, 0.3) is 21.3 Å². The fourth-order valence-corrected chi connectivity index (χ4v) is 4.28. The number of amides is 2. The topological polar surface area (TPSA) is 115 Å². The van der Waals surface area contributed by atoms with Crippen LogP contribution in [0.5, 0.6) is 11.5 Å². The molecule has 4 rings (SSSR count). The highest BCUT2D eigenvalue weighted by molar-refractivity contribution is 7.22. The monoisotopic (exact) mass is 533 g/mol. The maximum Gasteiger partial charge on any atom is 0.482 e. The Morgan fingerprint density at radius 3 is 2.61 bits per heavy atom. The van der Waals surface area contributed by atoms with Gasteiger partial charge >= 0.3 is 12.0 Å². The first-order valence-corrected chi connectivity index (χ1v) is 11.5. The van der Waals surface area contributed by atoms with E-state index in [1.807, 2.05) is 5.32 Å². The standard InChI is InChI=1S/C23H18ClF2N5O4S/c1-11-6-13(14-8-19(24)29-10-17(14)34-3)15(9-28-11)20(32)31-22-30-16-7-12(4-5-18(16)36-22)35-23(25,26)21(33)27-2/h4-10H,1-3H3,(H,27,33)(H,30,31,32). The van der Waals surface area contributed by atoms with Crippen molar-refractivity contribution in [1.82, 2.24) is 20.3 Å². The third-order valence-electron chi connectivity index (χ3n) is 4.95. The predicted molar refractivity (Wildman–Crippen MR) is 131 cm³/mol. The van der Waals surface area contributed by atoms with Gasteiger partial charge in [-0.05, 0) is 31.2 Å². The number of aromatic nitrogens is 3. The van der Waals surface area contributed by atoms with Crippen LogP contribution in [0.4, 0.5) is 13.9 Å². The third kappa shape index (κ3) is 5.19. The molecule has 0 aliphatic carbocycles. The Bertz CT molecular complexity index is 1480. The van der Waals surface area contributed by atoms with Gasteiger partial charge in [0, 0.05) is 36.1 Å². The van der Waals surface area contributed by atoms with Gasteiger partial charge in [0.15, 0.2) is 5.13 Å². The van der Waals surface area contributed by atoms with Gasteiger partial charge < -0.3 is 14.8 Å². The Morgan fingerprint density at radius 2 is 1.89 bits per heavy atom. The van der Waals surface area contributed by atoms with Crippen LogP contribution in [0.3, 0.4) is 0 Å². The molecule has 0 atom stereocenters. The highest BCUT2D eigenvalue weighted by Crippen LogP contribution is 2.35. The number of likely N-dealkylation sites (N-methyl/N-ethyl adjacent to an activating group) is 1. The number of rotatable bonds is 7. The van der Waals surface area contributed by atoms with Gasteiger partial charge in [-0.15, -0.1) is 0 Å². The Kier molecular flexibility index (Phi) is 7.00. The molecule has 0 aliphatic rings. The van der Waals surface area contributed by atoms with Crippen LogP contribution >= 0.6 is 22.9 Å². The first kappa shape index (κ1) is 25.2. The van der Waals surface area contributed by atoms with E-state index in [0.717, 1.165) is 18.4 Å². The number of aryl methyl sites for hydroxylation is 1. The van der Waals surface area contributed by atoms with Crippen molar-refractivity contribution in [2.24, 2.45) is 0 Å². The number of anilines is 1. The molecule has 36 heavy (non-hydrogen) atoms. The molecule has 4 aromatic rings. The number of carbonyl (C=O) groups is 2. The zero-order valence-electron chi connectivity index (χ0n) is 19.1. The predicted octanol–water partition coefficient (Wildman–Crippen LogP) is 4.69. The number of fused-ring (bicyclic) bond motifs is 1. The van der Waals surface area contributed by atoms with E-state index in [4.69, 9.17) is 16.3 Å². The summed E-state index contributed by atoms with van der Waals surface area (Å²) in [5.41, 5.74) is 2.27. The number of ether oxygens (including phenoxy) is 2. The van der Waals surface area contributed by atoms with Gasteiger partial charge in [-0.3, -0.25) is 19.9 Å². The van der Waals surface area contributed by atoms with Crippen LogP contribution in [0, 0.1) is 6.92 Å². The molecule has 13 heteroatoms. The summed E-state index contributed by atoms with van der Waals surface area (Å²) in [5, 5.41) is 4.98. The van der Waals surface area contributed by atoms with Crippen LogP contribution in [-0.2, 0) is 4.79 Å². The number of hydrogen-bond donors (Lipinski definition) is 2. The quantitative estimate of drug-likeness (QED) is 0.331. The third-order valence-corrected chi connectivity index (χ3v) is 6.10. The number of alkyl halides is 2. The lowest BCUT2D eigenvalue weighted by atomic mass is 10.0. The van der Waals surface area contributed by atoms with Crippen molar-refractivity contribution in [3.8, 4) is 22.6 Å². The fourth-order valence-electron chi connectivity index (χ4n) is 3.28. The number of halogens is 3. The molecule has 1 aromatic carbocycles. The molecule has 2 N–H and O–H groups in total. The Balaban J connectivity index is 1.63. The van der Waals surface area contributed by atoms with E-state index in [0.29, 0.717) is 32.8 Å². The van der Waals surface area contributed by atoms with Crippen LogP contribution in [0.1, 0.15) is 16.1 Å². The summed E-state index contributed by atoms with van der Waals surface area (Å²) in [4.78, 5) is 37.0. The highest BCUT2D eigenvalue weighted by atomic mass is 35.5. The Labute approximate surface area is 212 Å². The maximum absolute atomic E-state index is 13.8. The van der Waals surface area contributed by atoms with Crippen LogP contribution in [-0.4, -0.2) is 47.0 Å². The SMILES string of the molecule is CNC(=O)C(F)(F)Oc1ccc2sc(NC(=O)c3cnc(C)cc3-c3cc(Cl)ncc3OC)nc2c1. The Hall–Kier alpha value is -3.90. The van der Waals surface area contributed by atoms with Crippen molar-refractivity contribution in [3.05, 3.63) is 59.1 Å². The molecule has 2 amide bonds. The molecule has 3 heterocycles. The minimum Gasteiger partial charge on any atom is -0.494 e. The first-order chi connectivity index (χ1) is 17.1. The fraction of sp³-hybridized carbons (Fsp3) is 0.174. The summed E-state index contributed by atoms with van der Waals surface area (Å²) >= 11 is 7.21. The minimum atomic E-state index is -4.05. The number of carbonyl (C=O) groups excluding carboxylic acids is 2. The van der Waals surface area contributed by atoms with E-state index < -0.39 is 17.9 Å². The van der Waals surface area contributed by atoms with Gasteiger partial charge in [-0.2, -0.15) is 8.78 Å². The van der Waals surface area contributed by atoms with E-state index in [1.165, 1.54) is 37.7 Å². The van der Waals surface area contributed by atoms with Crippen LogP contribution in [0.15, 0.2) is 42.7 Å². The average Bonchev–Trinajstić information content (AvgIpc) is 3.24. The molecular formula is C23H18ClF2N5O4S. The molecule has 0 spiro atoms. The molecule has 0 aliphatic heterocycles. The van der Waals surface area contributed by atoms with Crippen molar-refractivity contribution in [2.75, 3.05) is 19.5 Å². The number of nitrogens with zero attached hydrogens (tertiary/aromatic N) is 3. The first-order valence-electron chi connectivity index (χ1n) is 10.3. The smallest absolute Gasteiger partial charge is 0.482 e.